The Morgan fingerprint density at radius 3 is 2.62 bits per heavy atom. The summed E-state index contributed by atoms with van der Waals surface area (Å²) < 4.78 is 40.1. The van der Waals surface area contributed by atoms with Crippen molar-refractivity contribution >= 4 is 16.6 Å². The first-order valence-electron chi connectivity index (χ1n) is 9.06. The molecule has 1 aromatic carbocycles. The predicted molar refractivity (Wildman–Crippen MR) is 97.7 cm³/mol. The Hall–Kier alpha value is -2.02. The maximum atomic E-state index is 13.4. The van der Waals surface area contributed by atoms with Gasteiger partial charge < -0.3 is 14.8 Å². The van der Waals surface area contributed by atoms with Crippen LogP contribution in [0.15, 0.2) is 29.1 Å². The van der Waals surface area contributed by atoms with Crippen molar-refractivity contribution in [1.29, 1.82) is 0 Å². The number of alkyl halides is 3. The number of fused-ring (bicyclic) bond motifs is 1. The summed E-state index contributed by atoms with van der Waals surface area (Å²) in [6.07, 6.45) is -2.50. The standard InChI is InChI=1S/C19H24F3N3O/c1-3-24(4-2)12-14-6-5-9-25(14)13-7-8-17-15(10-13)16(19(20,21)22)11-18(26)23-17/h7-8,10-11,14H,3-6,9,12H2,1-2H3,(H,23,26)/t14-/m1/s1. The van der Waals surface area contributed by atoms with Gasteiger partial charge in [-0.1, -0.05) is 13.8 Å². The molecule has 1 aliphatic rings. The lowest BCUT2D eigenvalue weighted by atomic mass is 10.1. The van der Waals surface area contributed by atoms with E-state index in [1.54, 1.807) is 18.2 Å². The molecule has 1 aromatic heterocycles. The van der Waals surface area contributed by atoms with E-state index >= 15 is 0 Å². The first-order valence-corrected chi connectivity index (χ1v) is 9.06. The number of nitrogens with zero attached hydrogens (tertiary/aromatic N) is 2. The maximum absolute atomic E-state index is 13.4. The van der Waals surface area contributed by atoms with E-state index in [9.17, 15) is 18.0 Å². The van der Waals surface area contributed by atoms with E-state index in [0.717, 1.165) is 44.7 Å². The molecule has 1 aliphatic heterocycles. The molecule has 26 heavy (non-hydrogen) atoms. The summed E-state index contributed by atoms with van der Waals surface area (Å²) in [6, 6.07) is 5.88. The van der Waals surface area contributed by atoms with Crippen LogP contribution >= 0.6 is 0 Å². The van der Waals surface area contributed by atoms with Gasteiger partial charge in [-0.3, -0.25) is 4.79 Å². The monoisotopic (exact) mass is 367 g/mol. The molecule has 1 fully saturated rings. The smallest absolute Gasteiger partial charge is 0.367 e. The van der Waals surface area contributed by atoms with E-state index in [0.29, 0.717) is 12.1 Å². The molecule has 0 saturated carbocycles. The van der Waals surface area contributed by atoms with Gasteiger partial charge in [0.05, 0.1) is 5.56 Å². The number of benzene rings is 1. The molecule has 0 radical (unpaired) electrons. The second-order valence-corrected chi connectivity index (χ2v) is 6.75. The molecule has 1 atom stereocenters. The molecule has 0 unspecified atom stereocenters. The van der Waals surface area contributed by atoms with Crippen molar-refractivity contribution in [3.63, 3.8) is 0 Å². The van der Waals surface area contributed by atoms with Crippen molar-refractivity contribution in [3.05, 3.63) is 40.2 Å². The molecular weight excluding hydrogens is 343 g/mol. The van der Waals surface area contributed by atoms with Crippen LogP contribution in [0.2, 0.25) is 0 Å². The molecule has 142 valence electrons. The van der Waals surface area contributed by atoms with Crippen molar-refractivity contribution in [3.8, 4) is 0 Å². The van der Waals surface area contributed by atoms with Crippen molar-refractivity contribution in [2.24, 2.45) is 0 Å². The molecule has 1 saturated heterocycles. The SMILES string of the molecule is CCN(CC)C[C@H]1CCCN1c1ccc2[nH]c(=O)cc(C(F)(F)F)c2c1. The van der Waals surface area contributed by atoms with E-state index in [4.69, 9.17) is 0 Å². The summed E-state index contributed by atoms with van der Waals surface area (Å²) in [5, 5.41) is 0.0445. The van der Waals surface area contributed by atoms with Gasteiger partial charge in [0.1, 0.15) is 0 Å². The van der Waals surface area contributed by atoms with Crippen LogP contribution in [-0.4, -0.2) is 42.1 Å². The van der Waals surface area contributed by atoms with Crippen LogP contribution in [-0.2, 0) is 6.18 Å². The number of aromatic nitrogens is 1. The number of halogens is 3. The average Bonchev–Trinajstić information content (AvgIpc) is 3.05. The quantitative estimate of drug-likeness (QED) is 0.872. The van der Waals surface area contributed by atoms with Gasteiger partial charge in [0.15, 0.2) is 0 Å². The van der Waals surface area contributed by atoms with Gasteiger partial charge in [0, 0.05) is 41.8 Å². The molecule has 2 heterocycles. The Balaban J connectivity index is 2.00. The summed E-state index contributed by atoms with van der Waals surface area (Å²) in [5.74, 6) is 0. The fourth-order valence-corrected chi connectivity index (χ4v) is 3.80. The molecular formula is C19H24F3N3O. The molecule has 0 aliphatic carbocycles. The molecule has 0 amide bonds. The third-order valence-corrected chi connectivity index (χ3v) is 5.20. The fourth-order valence-electron chi connectivity index (χ4n) is 3.80. The van der Waals surface area contributed by atoms with Crippen LogP contribution in [0.25, 0.3) is 10.9 Å². The summed E-state index contributed by atoms with van der Waals surface area (Å²) in [7, 11) is 0. The van der Waals surface area contributed by atoms with Gasteiger partial charge in [0.25, 0.3) is 0 Å². The summed E-state index contributed by atoms with van der Waals surface area (Å²) >= 11 is 0. The van der Waals surface area contributed by atoms with Gasteiger partial charge in [-0.25, -0.2) is 0 Å². The Morgan fingerprint density at radius 2 is 1.96 bits per heavy atom. The topological polar surface area (TPSA) is 39.3 Å². The fraction of sp³-hybridized carbons (Fsp3) is 0.526. The number of hydrogen-bond donors (Lipinski definition) is 1. The second kappa shape index (κ2) is 7.31. The first kappa shape index (κ1) is 18.8. The number of rotatable bonds is 5. The van der Waals surface area contributed by atoms with Gasteiger partial charge in [-0.15, -0.1) is 0 Å². The minimum Gasteiger partial charge on any atom is -0.367 e. The van der Waals surface area contributed by atoms with Gasteiger partial charge in [0.2, 0.25) is 5.56 Å². The lowest BCUT2D eigenvalue weighted by Gasteiger charge is -2.31. The number of H-pyrrole nitrogens is 1. The van der Waals surface area contributed by atoms with Crippen LogP contribution in [0.5, 0.6) is 0 Å². The van der Waals surface area contributed by atoms with Gasteiger partial charge >= 0.3 is 6.18 Å². The van der Waals surface area contributed by atoms with Gasteiger partial charge in [-0.2, -0.15) is 13.2 Å². The van der Waals surface area contributed by atoms with Crippen molar-refractivity contribution in [2.45, 2.75) is 38.9 Å². The number of nitrogens with one attached hydrogen (secondary N) is 1. The minimum absolute atomic E-state index is 0.0445. The highest BCUT2D eigenvalue weighted by atomic mass is 19.4. The highest BCUT2D eigenvalue weighted by Crippen LogP contribution is 2.36. The Bertz CT molecular complexity index is 827. The van der Waals surface area contributed by atoms with Crippen LogP contribution in [0.1, 0.15) is 32.3 Å². The highest BCUT2D eigenvalue weighted by Gasteiger charge is 2.34. The zero-order valence-corrected chi connectivity index (χ0v) is 15.1. The average molecular weight is 367 g/mol. The molecule has 0 bridgehead atoms. The lowest BCUT2D eigenvalue weighted by Crippen LogP contribution is -2.40. The predicted octanol–water partition coefficient (Wildman–Crippen LogP) is 3.86. The number of hydrogen-bond acceptors (Lipinski definition) is 3. The molecule has 7 heteroatoms. The normalized spacial score (nSPS) is 18.2. The van der Waals surface area contributed by atoms with Crippen molar-refractivity contribution in [1.82, 2.24) is 9.88 Å². The van der Waals surface area contributed by atoms with Crippen LogP contribution < -0.4 is 10.5 Å². The first-order chi connectivity index (χ1) is 12.3. The Labute approximate surface area is 150 Å². The Morgan fingerprint density at radius 1 is 1.23 bits per heavy atom. The summed E-state index contributed by atoms with van der Waals surface area (Å²) in [5.41, 5.74) is -0.617. The van der Waals surface area contributed by atoms with Crippen molar-refractivity contribution < 1.29 is 13.2 Å². The van der Waals surface area contributed by atoms with Gasteiger partial charge in [-0.05, 0) is 44.1 Å². The minimum atomic E-state index is -4.56. The molecule has 4 nitrogen and oxygen atoms in total. The summed E-state index contributed by atoms with van der Waals surface area (Å²) in [6.45, 7) is 7.89. The van der Waals surface area contributed by atoms with Crippen molar-refractivity contribution in [2.75, 3.05) is 31.1 Å². The largest absolute Gasteiger partial charge is 0.417 e. The number of aromatic amines is 1. The zero-order valence-electron chi connectivity index (χ0n) is 15.1. The molecule has 2 aromatic rings. The van der Waals surface area contributed by atoms with Crippen LogP contribution in [0.4, 0.5) is 18.9 Å². The number of anilines is 1. The van der Waals surface area contributed by atoms with E-state index in [-0.39, 0.29) is 10.9 Å². The molecule has 1 N–H and O–H groups in total. The van der Waals surface area contributed by atoms with E-state index in [1.807, 2.05) is 0 Å². The lowest BCUT2D eigenvalue weighted by molar-refractivity contribution is -0.136. The number of likely N-dealkylation sites (N-methyl/N-ethyl adjacent to an activating group) is 1. The van der Waals surface area contributed by atoms with Crippen LogP contribution in [0, 0.1) is 0 Å². The Kier molecular flexibility index (Phi) is 5.27. The maximum Gasteiger partial charge on any atom is 0.417 e. The van der Waals surface area contributed by atoms with Crippen LogP contribution in [0.3, 0.4) is 0 Å². The third kappa shape index (κ3) is 3.72. The molecule has 0 spiro atoms. The highest BCUT2D eigenvalue weighted by molar-refractivity contribution is 5.86. The third-order valence-electron chi connectivity index (χ3n) is 5.20. The second-order valence-electron chi connectivity index (χ2n) is 6.75. The zero-order chi connectivity index (χ0) is 18.9. The number of pyridine rings is 1. The molecule has 3 rings (SSSR count). The van der Waals surface area contributed by atoms with E-state index < -0.39 is 17.3 Å². The van der Waals surface area contributed by atoms with E-state index in [2.05, 4.69) is 28.6 Å². The van der Waals surface area contributed by atoms with E-state index in [1.165, 1.54) is 0 Å². The summed E-state index contributed by atoms with van der Waals surface area (Å²) in [4.78, 5) is 18.6.